The number of anilines is 1. The van der Waals surface area contributed by atoms with Gasteiger partial charge in [0.2, 0.25) is 10.0 Å². The number of piperidine rings is 1. The average Bonchev–Trinajstić information content (AvgIpc) is 3.37. The minimum atomic E-state index is -3.85. The molecular weight excluding hydrogens is 546 g/mol. The molecule has 3 aliphatic heterocycles. The maximum absolute atomic E-state index is 14.4. The van der Waals surface area contributed by atoms with E-state index in [-0.39, 0.29) is 29.2 Å². The van der Waals surface area contributed by atoms with Gasteiger partial charge in [-0.2, -0.15) is 4.31 Å². The standard InChI is InChI=1S/C30H35N3O7S/c1-3-4-17-32-24-14-7-6-13-23(24)30(29(32)37)25(27(35)28(36)33(30)18-19-40-2)26(34)21-11-10-12-22(20-21)41(38,39)31-15-8-5-9-16-31/h6-7,10-14,20,34H,3-5,8-9,15-19H2,1-2H3/b26-25+. The summed E-state index contributed by atoms with van der Waals surface area (Å²) in [6.45, 7) is 3.17. The van der Waals surface area contributed by atoms with Crippen molar-refractivity contribution in [2.45, 2.75) is 49.5 Å². The maximum Gasteiger partial charge on any atom is 0.296 e. The number of fused-ring (bicyclic) bond motifs is 2. The van der Waals surface area contributed by atoms with Gasteiger partial charge in [-0.25, -0.2) is 8.42 Å². The van der Waals surface area contributed by atoms with Crippen LogP contribution in [0, 0.1) is 0 Å². The molecule has 11 heteroatoms. The first kappa shape index (κ1) is 29.0. The minimum absolute atomic E-state index is 0.0319. The molecule has 1 atom stereocenters. The zero-order valence-electron chi connectivity index (χ0n) is 23.3. The Bertz CT molecular complexity index is 1510. The highest BCUT2D eigenvalue weighted by atomic mass is 32.2. The van der Waals surface area contributed by atoms with Gasteiger partial charge >= 0.3 is 0 Å². The number of ether oxygens (including phenoxy) is 1. The number of para-hydroxylation sites is 1. The second-order valence-corrected chi connectivity index (χ2v) is 12.5. The lowest BCUT2D eigenvalue weighted by Gasteiger charge is -2.34. The number of benzene rings is 2. The van der Waals surface area contributed by atoms with Crippen molar-refractivity contribution in [1.82, 2.24) is 9.21 Å². The number of Topliss-reactive ketones (excluding diaryl/α,β-unsaturated/α-hetero) is 1. The van der Waals surface area contributed by atoms with Crippen LogP contribution in [0.5, 0.6) is 0 Å². The number of hydrogen-bond acceptors (Lipinski definition) is 7. The topological polar surface area (TPSA) is 125 Å². The van der Waals surface area contributed by atoms with Gasteiger partial charge in [0.15, 0.2) is 5.54 Å². The number of amides is 2. The van der Waals surface area contributed by atoms with Gasteiger partial charge in [0, 0.05) is 44.4 Å². The highest BCUT2D eigenvalue weighted by Gasteiger charge is 2.67. The third-order valence-electron chi connectivity index (χ3n) is 8.12. The Balaban J connectivity index is 1.71. The molecule has 0 radical (unpaired) electrons. The number of ketones is 1. The van der Waals surface area contributed by atoms with Crippen LogP contribution in [0.15, 0.2) is 59.0 Å². The van der Waals surface area contributed by atoms with E-state index in [9.17, 15) is 27.9 Å². The lowest BCUT2D eigenvalue weighted by molar-refractivity contribution is -0.144. The summed E-state index contributed by atoms with van der Waals surface area (Å²) < 4.78 is 33.4. The molecule has 5 rings (SSSR count). The van der Waals surface area contributed by atoms with Crippen molar-refractivity contribution in [2.24, 2.45) is 0 Å². The van der Waals surface area contributed by atoms with E-state index >= 15 is 0 Å². The highest BCUT2D eigenvalue weighted by Crippen LogP contribution is 2.53. The van der Waals surface area contributed by atoms with Gasteiger partial charge in [0.05, 0.1) is 22.8 Å². The highest BCUT2D eigenvalue weighted by molar-refractivity contribution is 7.89. The number of carbonyl (C=O) groups excluding carboxylic acids is 3. The van der Waals surface area contributed by atoms with Crippen LogP contribution < -0.4 is 4.90 Å². The lowest BCUT2D eigenvalue weighted by Crippen LogP contribution is -2.52. The molecule has 2 aromatic carbocycles. The molecule has 10 nitrogen and oxygen atoms in total. The van der Waals surface area contributed by atoms with Gasteiger partial charge in [0.25, 0.3) is 17.6 Å². The SMILES string of the molecule is CCCCN1C(=O)C2(/C(=C(/O)c3cccc(S(=O)(=O)N4CCCCC4)c3)C(=O)C(=O)N2CCOC)c2ccccc21. The molecule has 0 aromatic heterocycles. The second kappa shape index (κ2) is 11.4. The maximum atomic E-state index is 14.4. The number of nitrogens with zero attached hydrogens (tertiary/aromatic N) is 3. The van der Waals surface area contributed by atoms with Crippen LogP contribution in [0.25, 0.3) is 5.76 Å². The van der Waals surface area contributed by atoms with Crippen LogP contribution in [-0.2, 0) is 34.7 Å². The summed E-state index contributed by atoms with van der Waals surface area (Å²) in [5.41, 5.74) is -1.28. The molecule has 41 heavy (non-hydrogen) atoms. The normalized spacial score (nSPS) is 22.6. The average molecular weight is 582 g/mol. The summed E-state index contributed by atoms with van der Waals surface area (Å²) in [6, 6.07) is 12.7. The number of rotatable bonds is 9. The summed E-state index contributed by atoms with van der Waals surface area (Å²) in [5.74, 6) is -3.05. The van der Waals surface area contributed by atoms with Gasteiger partial charge in [0.1, 0.15) is 5.76 Å². The van der Waals surface area contributed by atoms with Gasteiger partial charge in [-0.1, -0.05) is 50.1 Å². The predicted molar refractivity (Wildman–Crippen MR) is 153 cm³/mol. The van der Waals surface area contributed by atoms with Gasteiger partial charge in [-0.15, -0.1) is 0 Å². The number of aliphatic hydroxyl groups is 1. The summed E-state index contributed by atoms with van der Waals surface area (Å²) in [6.07, 6.45) is 4.00. The van der Waals surface area contributed by atoms with Crippen molar-refractivity contribution < 1.29 is 32.6 Å². The molecule has 1 unspecified atom stereocenters. The minimum Gasteiger partial charge on any atom is -0.507 e. The Labute approximate surface area is 240 Å². The fourth-order valence-corrected chi connectivity index (χ4v) is 7.65. The molecule has 0 saturated carbocycles. The molecule has 3 heterocycles. The van der Waals surface area contributed by atoms with Crippen LogP contribution in [0.2, 0.25) is 0 Å². The van der Waals surface area contributed by atoms with Crippen molar-refractivity contribution in [3.05, 3.63) is 65.2 Å². The Morgan fingerprint density at radius 2 is 1.73 bits per heavy atom. The molecular formula is C30H35N3O7S. The Kier molecular flexibility index (Phi) is 8.04. The van der Waals surface area contributed by atoms with E-state index in [2.05, 4.69) is 0 Å². The number of hydrogen-bond donors (Lipinski definition) is 1. The molecule has 2 fully saturated rings. The number of methoxy groups -OCH3 is 1. The summed E-state index contributed by atoms with van der Waals surface area (Å²) in [5, 5.41) is 11.8. The first-order valence-electron chi connectivity index (χ1n) is 14.0. The molecule has 3 aliphatic rings. The van der Waals surface area contributed by atoms with E-state index in [0.29, 0.717) is 37.3 Å². The van der Waals surface area contributed by atoms with Gasteiger partial charge in [-0.05, 0) is 37.5 Å². The van der Waals surface area contributed by atoms with Crippen molar-refractivity contribution in [3.63, 3.8) is 0 Å². The van der Waals surface area contributed by atoms with Crippen LogP contribution >= 0.6 is 0 Å². The summed E-state index contributed by atoms with van der Waals surface area (Å²) in [4.78, 5) is 44.4. The fraction of sp³-hybridized carbons (Fsp3) is 0.433. The van der Waals surface area contributed by atoms with Crippen molar-refractivity contribution >= 4 is 39.1 Å². The zero-order valence-corrected chi connectivity index (χ0v) is 24.2. The van der Waals surface area contributed by atoms with Crippen molar-refractivity contribution in [1.29, 1.82) is 0 Å². The number of aliphatic hydroxyl groups excluding tert-OH is 1. The van der Waals surface area contributed by atoms with E-state index in [4.69, 9.17) is 4.74 Å². The van der Waals surface area contributed by atoms with Crippen LogP contribution in [0.1, 0.15) is 50.2 Å². The molecule has 0 bridgehead atoms. The number of sulfonamides is 1. The molecule has 2 saturated heterocycles. The molecule has 1 N–H and O–H groups in total. The third-order valence-corrected chi connectivity index (χ3v) is 10.0. The van der Waals surface area contributed by atoms with Crippen LogP contribution in [0.4, 0.5) is 5.69 Å². The largest absolute Gasteiger partial charge is 0.507 e. The molecule has 1 spiro atoms. The van der Waals surface area contributed by atoms with E-state index in [1.54, 1.807) is 29.2 Å². The van der Waals surface area contributed by atoms with Crippen molar-refractivity contribution in [3.8, 4) is 0 Å². The van der Waals surface area contributed by atoms with E-state index in [1.807, 2.05) is 6.92 Å². The molecule has 2 aromatic rings. The van der Waals surface area contributed by atoms with Crippen LogP contribution in [0.3, 0.4) is 0 Å². The lowest BCUT2D eigenvalue weighted by atomic mass is 9.82. The first-order chi connectivity index (χ1) is 19.7. The Hall–Kier alpha value is -3.54. The van der Waals surface area contributed by atoms with E-state index < -0.39 is 38.9 Å². The molecule has 2 amide bonds. The smallest absolute Gasteiger partial charge is 0.296 e. The van der Waals surface area contributed by atoms with Gasteiger partial charge < -0.3 is 19.6 Å². The fourth-order valence-electron chi connectivity index (χ4n) is 6.09. The second-order valence-electron chi connectivity index (χ2n) is 10.5. The predicted octanol–water partition coefficient (Wildman–Crippen LogP) is 3.23. The quantitative estimate of drug-likeness (QED) is 0.274. The van der Waals surface area contributed by atoms with Gasteiger partial charge in [-0.3, -0.25) is 14.4 Å². The Morgan fingerprint density at radius 1 is 1.00 bits per heavy atom. The number of likely N-dealkylation sites (tertiary alicyclic amines) is 1. The Morgan fingerprint density at radius 3 is 2.44 bits per heavy atom. The van der Waals surface area contributed by atoms with Crippen LogP contribution in [-0.4, -0.2) is 80.2 Å². The van der Waals surface area contributed by atoms with Crippen molar-refractivity contribution in [2.75, 3.05) is 44.8 Å². The van der Waals surface area contributed by atoms with E-state index in [0.717, 1.165) is 25.7 Å². The summed E-state index contributed by atoms with van der Waals surface area (Å²) >= 11 is 0. The number of carbonyl (C=O) groups is 3. The first-order valence-corrected chi connectivity index (χ1v) is 15.5. The monoisotopic (exact) mass is 581 g/mol. The summed E-state index contributed by atoms with van der Waals surface area (Å²) in [7, 11) is -2.40. The van der Waals surface area contributed by atoms with E-state index in [1.165, 1.54) is 40.6 Å². The molecule has 218 valence electrons. The zero-order chi connectivity index (χ0) is 29.4. The molecule has 0 aliphatic carbocycles. The number of unbranched alkanes of at least 4 members (excludes halogenated alkanes) is 1. The third kappa shape index (κ3) is 4.56.